The average molecular weight is 523 g/mol. The Kier molecular flexibility index (Phi) is 3.95. The van der Waals surface area contributed by atoms with E-state index in [0.29, 0.717) is 0 Å². The van der Waals surface area contributed by atoms with Crippen molar-refractivity contribution in [1.82, 2.24) is 18.9 Å². The van der Waals surface area contributed by atoms with Gasteiger partial charge in [-0.15, -0.1) is 0 Å². The fraction of sp³-hybridized carbons (Fsp3) is 0.0270. The molecule has 9 aromatic rings. The van der Waals surface area contributed by atoms with Crippen molar-refractivity contribution < 1.29 is 0 Å². The van der Waals surface area contributed by atoms with Crippen LogP contribution >= 0.6 is 0 Å². The van der Waals surface area contributed by atoms with E-state index in [0.717, 1.165) is 39.4 Å². The number of hydrogen-bond acceptors (Lipinski definition) is 2. The van der Waals surface area contributed by atoms with Gasteiger partial charge in [0.1, 0.15) is 5.65 Å². The molecule has 0 aliphatic heterocycles. The first-order valence-electron chi connectivity index (χ1n) is 14.1. The molecular formula is C37H22N4. The van der Waals surface area contributed by atoms with E-state index in [2.05, 4.69) is 123 Å². The van der Waals surface area contributed by atoms with Gasteiger partial charge in [0.15, 0.2) is 0 Å². The molecule has 4 heteroatoms. The number of para-hydroxylation sites is 3. The van der Waals surface area contributed by atoms with Crippen LogP contribution in [-0.4, -0.2) is 18.9 Å². The maximum absolute atomic E-state index is 5.17. The molecule has 0 saturated heterocycles. The summed E-state index contributed by atoms with van der Waals surface area (Å²) in [5, 5.41) is 5.94. The van der Waals surface area contributed by atoms with Gasteiger partial charge in [-0.2, -0.15) is 0 Å². The number of imidazole rings is 1. The fourth-order valence-corrected chi connectivity index (χ4v) is 7.26. The third kappa shape index (κ3) is 2.69. The van der Waals surface area contributed by atoms with Crippen LogP contribution in [0.25, 0.3) is 77.0 Å². The quantitative estimate of drug-likeness (QED) is 0.202. The topological polar surface area (TPSA) is 35.1 Å². The molecule has 0 N–H and O–H groups in total. The van der Waals surface area contributed by atoms with Crippen LogP contribution in [0.3, 0.4) is 0 Å². The smallest absolute Gasteiger partial charge is 0.146 e. The van der Waals surface area contributed by atoms with Crippen molar-refractivity contribution in [2.24, 2.45) is 0 Å². The highest BCUT2D eigenvalue weighted by molar-refractivity contribution is 6.23. The van der Waals surface area contributed by atoms with Gasteiger partial charge in [0.05, 0.1) is 27.6 Å². The van der Waals surface area contributed by atoms with E-state index in [4.69, 9.17) is 4.98 Å². The van der Waals surface area contributed by atoms with Crippen LogP contribution in [0.2, 0.25) is 0 Å². The molecule has 1 aliphatic carbocycles. The average Bonchev–Trinajstić information content (AvgIpc) is 3.70. The Morgan fingerprint density at radius 3 is 2.39 bits per heavy atom. The molecule has 0 saturated carbocycles. The predicted octanol–water partition coefficient (Wildman–Crippen LogP) is 8.86. The summed E-state index contributed by atoms with van der Waals surface area (Å²) in [5.74, 6) is 0. The van der Waals surface area contributed by atoms with Crippen molar-refractivity contribution >= 4 is 60.2 Å². The second-order valence-corrected chi connectivity index (χ2v) is 11.1. The summed E-state index contributed by atoms with van der Waals surface area (Å²) >= 11 is 0. The van der Waals surface area contributed by atoms with Crippen molar-refractivity contribution in [3.05, 3.63) is 133 Å². The van der Waals surface area contributed by atoms with Gasteiger partial charge in [0.25, 0.3) is 0 Å². The van der Waals surface area contributed by atoms with Crippen LogP contribution in [0.1, 0.15) is 11.1 Å². The van der Waals surface area contributed by atoms with Gasteiger partial charge in [-0.25, -0.2) is 4.98 Å². The van der Waals surface area contributed by atoms with E-state index < -0.39 is 0 Å². The number of benzene rings is 5. The highest BCUT2D eigenvalue weighted by atomic mass is 15.0. The van der Waals surface area contributed by atoms with E-state index in [1.54, 1.807) is 0 Å². The zero-order valence-electron chi connectivity index (χ0n) is 22.0. The van der Waals surface area contributed by atoms with Crippen LogP contribution < -0.4 is 0 Å². The standard InChI is InChI=1S/C37H22N4/c1-2-9-24(10-3-1)40-34-20-27-29(37-39-31-12-6-7-13-33(31)41(37)32-16-17-38-21-30(27)32)19-28(34)26-15-14-23-18-22-8-4-5-11-25(22)35(23)36(26)40/h1-17,19-21H,18H2. The van der Waals surface area contributed by atoms with Crippen LogP contribution in [0, 0.1) is 0 Å². The minimum atomic E-state index is 0.970. The number of aromatic nitrogens is 4. The Morgan fingerprint density at radius 1 is 0.585 bits per heavy atom. The Morgan fingerprint density at radius 2 is 1.44 bits per heavy atom. The summed E-state index contributed by atoms with van der Waals surface area (Å²) in [4.78, 5) is 9.74. The summed E-state index contributed by atoms with van der Waals surface area (Å²) in [7, 11) is 0. The van der Waals surface area contributed by atoms with Crippen molar-refractivity contribution in [3.63, 3.8) is 0 Å². The molecule has 0 atom stereocenters. The molecule has 0 bridgehead atoms. The molecule has 0 radical (unpaired) electrons. The van der Waals surface area contributed by atoms with E-state index in [1.807, 2.05) is 12.4 Å². The van der Waals surface area contributed by atoms with Crippen molar-refractivity contribution in [3.8, 4) is 16.8 Å². The molecular weight excluding hydrogens is 500 g/mol. The molecule has 1 aliphatic rings. The summed E-state index contributed by atoms with van der Waals surface area (Å²) < 4.78 is 4.77. The van der Waals surface area contributed by atoms with Crippen LogP contribution in [0.4, 0.5) is 0 Å². The third-order valence-corrected chi connectivity index (χ3v) is 8.97. The molecule has 4 heterocycles. The molecule has 10 rings (SSSR count). The number of pyridine rings is 2. The molecule has 41 heavy (non-hydrogen) atoms. The zero-order valence-corrected chi connectivity index (χ0v) is 22.0. The molecule has 4 nitrogen and oxygen atoms in total. The van der Waals surface area contributed by atoms with Crippen LogP contribution in [0.5, 0.6) is 0 Å². The second kappa shape index (κ2) is 7.58. The first-order chi connectivity index (χ1) is 20.3. The second-order valence-electron chi connectivity index (χ2n) is 11.1. The van der Waals surface area contributed by atoms with Crippen LogP contribution in [-0.2, 0) is 6.42 Å². The Hall–Kier alpha value is -5.48. The lowest BCUT2D eigenvalue weighted by atomic mass is 10.0. The summed E-state index contributed by atoms with van der Waals surface area (Å²) in [6.45, 7) is 0. The molecule has 0 unspecified atom stereocenters. The molecule has 4 aromatic heterocycles. The van der Waals surface area contributed by atoms with Gasteiger partial charge in [-0.05, 0) is 71.0 Å². The van der Waals surface area contributed by atoms with Crippen LogP contribution in [0.15, 0.2) is 122 Å². The first-order valence-corrected chi connectivity index (χ1v) is 14.1. The van der Waals surface area contributed by atoms with Crippen molar-refractivity contribution in [2.45, 2.75) is 6.42 Å². The SMILES string of the molecule is c1ccc(-n2c3cc4c5cnccc5n5c6ccccc6nc5c4cc3c3ccc4c(c32)-c2ccccc2C4)cc1. The van der Waals surface area contributed by atoms with Crippen molar-refractivity contribution in [2.75, 3.05) is 0 Å². The molecule has 5 aromatic carbocycles. The molecule has 0 fully saturated rings. The maximum Gasteiger partial charge on any atom is 0.146 e. The monoisotopic (exact) mass is 522 g/mol. The first kappa shape index (κ1) is 21.4. The third-order valence-electron chi connectivity index (χ3n) is 8.97. The molecule has 0 spiro atoms. The molecule has 190 valence electrons. The van der Waals surface area contributed by atoms with Gasteiger partial charge in [0, 0.05) is 45.2 Å². The van der Waals surface area contributed by atoms with Gasteiger partial charge in [-0.1, -0.05) is 66.7 Å². The fourth-order valence-electron chi connectivity index (χ4n) is 7.26. The maximum atomic E-state index is 5.17. The zero-order chi connectivity index (χ0) is 26.7. The lowest BCUT2D eigenvalue weighted by molar-refractivity contribution is 1.18. The molecule has 0 amide bonds. The van der Waals surface area contributed by atoms with E-state index >= 15 is 0 Å². The number of fused-ring (bicyclic) bond motifs is 15. The van der Waals surface area contributed by atoms with Gasteiger partial charge in [0.2, 0.25) is 0 Å². The predicted molar refractivity (Wildman–Crippen MR) is 168 cm³/mol. The lowest BCUT2D eigenvalue weighted by Gasteiger charge is -2.12. The highest BCUT2D eigenvalue weighted by Gasteiger charge is 2.26. The summed E-state index contributed by atoms with van der Waals surface area (Å²) in [5.41, 5.74) is 13.3. The summed E-state index contributed by atoms with van der Waals surface area (Å²) in [6.07, 6.45) is 4.85. The largest absolute Gasteiger partial charge is 0.309 e. The Balaban J connectivity index is 1.47. The van der Waals surface area contributed by atoms with E-state index in [9.17, 15) is 0 Å². The lowest BCUT2D eigenvalue weighted by Crippen LogP contribution is -1.96. The van der Waals surface area contributed by atoms with Gasteiger partial charge < -0.3 is 4.57 Å². The van der Waals surface area contributed by atoms with Gasteiger partial charge >= 0.3 is 0 Å². The highest BCUT2D eigenvalue weighted by Crippen LogP contribution is 2.46. The normalized spacial score (nSPS) is 12.8. The number of hydrogen-bond donors (Lipinski definition) is 0. The number of nitrogens with zero attached hydrogens (tertiary/aromatic N) is 4. The minimum absolute atomic E-state index is 0.970. The Bertz CT molecular complexity index is 2550. The van der Waals surface area contributed by atoms with Crippen molar-refractivity contribution in [1.29, 1.82) is 0 Å². The van der Waals surface area contributed by atoms with Gasteiger partial charge in [-0.3, -0.25) is 9.38 Å². The minimum Gasteiger partial charge on any atom is -0.309 e. The number of rotatable bonds is 1. The van der Waals surface area contributed by atoms with E-state index in [1.165, 1.54) is 55.1 Å². The summed E-state index contributed by atoms with van der Waals surface area (Å²) in [6, 6.07) is 39.5. The van der Waals surface area contributed by atoms with E-state index in [-0.39, 0.29) is 0 Å². The Labute approximate surface area is 234 Å².